The molecule has 1 N–H and O–H groups in total. The first-order valence-electron chi connectivity index (χ1n) is 7.30. The summed E-state index contributed by atoms with van der Waals surface area (Å²) >= 11 is 6.20. The van der Waals surface area contributed by atoms with Gasteiger partial charge in [-0.1, -0.05) is 35.0 Å². The lowest BCUT2D eigenvalue weighted by Crippen LogP contribution is -2.07. The molecule has 3 aromatic rings. The minimum Gasteiger partial charge on any atom is -0.385 e. The third-order valence-corrected chi connectivity index (χ3v) is 3.76. The molecule has 0 fully saturated rings. The van der Waals surface area contributed by atoms with Gasteiger partial charge in [-0.25, -0.2) is 14.6 Å². The third kappa shape index (κ3) is 3.57. The number of hydrogen-bond donors (Lipinski definition) is 1. The van der Waals surface area contributed by atoms with E-state index in [1.807, 2.05) is 24.3 Å². The Hall–Kier alpha value is -2.25. The van der Waals surface area contributed by atoms with Crippen molar-refractivity contribution in [2.24, 2.45) is 0 Å². The summed E-state index contributed by atoms with van der Waals surface area (Å²) in [5.41, 5.74) is 2.29. The fourth-order valence-corrected chi connectivity index (χ4v) is 2.43. The Morgan fingerprint density at radius 2 is 2.13 bits per heavy atom. The quantitative estimate of drug-likeness (QED) is 0.669. The Bertz CT molecular complexity index is 790. The van der Waals surface area contributed by atoms with Gasteiger partial charge in [-0.05, 0) is 18.1 Å². The van der Waals surface area contributed by atoms with Crippen molar-refractivity contribution in [2.75, 3.05) is 25.6 Å². The van der Waals surface area contributed by atoms with Gasteiger partial charge < -0.3 is 10.1 Å². The number of halogens is 1. The van der Waals surface area contributed by atoms with Crippen LogP contribution in [0, 0.1) is 0 Å². The van der Waals surface area contributed by atoms with Crippen molar-refractivity contribution in [1.29, 1.82) is 0 Å². The van der Waals surface area contributed by atoms with Gasteiger partial charge in [0.25, 0.3) is 0 Å². The second-order valence-electron chi connectivity index (χ2n) is 5.01. The average molecular weight is 333 g/mol. The molecule has 0 radical (unpaired) electrons. The molecular formula is C15H17ClN6O. The van der Waals surface area contributed by atoms with Crippen LogP contribution in [0.3, 0.4) is 0 Å². The predicted octanol–water partition coefficient (Wildman–Crippen LogP) is 2.37. The zero-order valence-electron chi connectivity index (χ0n) is 12.7. The van der Waals surface area contributed by atoms with E-state index in [1.54, 1.807) is 11.8 Å². The largest absolute Gasteiger partial charge is 0.385 e. The Balaban J connectivity index is 1.82. The summed E-state index contributed by atoms with van der Waals surface area (Å²) in [6.45, 7) is 1.95. The molecule has 0 saturated carbocycles. The molecule has 0 bridgehead atoms. The van der Waals surface area contributed by atoms with E-state index in [4.69, 9.17) is 16.3 Å². The molecule has 3 rings (SSSR count). The zero-order chi connectivity index (χ0) is 16.1. The van der Waals surface area contributed by atoms with Crippen LogP contribution in [0.4, 0.5) is 5.82 Å². The number of benzene rings is 1. The maximum Gasteiger partial charge on any atom is 0.184 e. The minimum atomic E-state index is 0.510. The van der Waals surface area contributed by atoms with E-state index in [0.29, 0.717) is 35.2 Å². The van der Waals surface area contributed by atoms with Crippen LogP contribution in [0.2, 0.25) is 5.02 Å². The summed E-state index contributed by atoms with van der Waals surface area (Å²) in [5, 5.41) is 12.3. The molecule has 120 valence electrons. The summed E-state index contributed by atoms with van der Waals surface area (Å²) in [5.74, 6) is 0.677. The van der Waals surface area contributed by atoms with Crippen LogP contribution in [-0.4, -0.2) is 45.2 Å². The molecule has 0 saturated heterocycles. The van der Waals surface area contributed by atoms with E-state index < -0.39 is 0 Å². The summed E-state index contributed by atoms with van der Waals surface area (Å²) in [6, 6.07) is 7.66. The summed E-state index contributed by atoms with van der Waals surface area (Å²) in [6.07, 6.45) is 2.39. The molecule has 23 heavy (non-hydrogen) atoms. The van der Waals surface area contributed by atoms with Crippen molar-refractivity contribution in [3.05, 3.63) is 41.2 Å². The standard InChI is InChI=1S/C15H17ClN6O/c1-23-8-4-7-17-14-13-15(19-10-18-14)22(21-20-13)9-11-5-2-3-6-12(11)16/h2-3,5-6,10H,4,7-9H2,1H3,(H,17,18,19). The predicted molar refractivity (Wildman–Crippen MR) is 88.7 cm³/mol. The molecule has 8 heteroatoms. The summed E-state index contributed by atoms with van der Waals surface area (Å²) in [7, 11) is 1.68. The molecule has 0 atom stereocenters. The number of ether oxygens (including phenoxy) is 1. The first-order valence-corrected chi connectivity index (χ1v) is 7.68. The highest BCUT2D eigenvalue weighted by Crippen LogP contribution is 2.20. The molecule has 0 unspecified atom stereocenters. The number of nitrogens with zero attached hydrogens (tertiary/aromatic N) is 5. The average Bonchev–Trinajstić information content (AvgIpc) is 2.98. The van der Waals surface area contributed by atoms with Gasteiger partial charge in [0.15, 0.2) is 17.0 Å². The molecule has 0 spiro atoms. The lowest BCUT2D eigenvalue weighted by atomic mass is 10.2. The highest BCUT2D eigenvalue weighted by Gasteiger charge is 2.12. The second-order valence-corrected chi connectivity index (χ2v) is 5.41. The van der Waals surface area contributed by atoms with Crippen molar-refractivity contribution in [3.8, 4) is 0 Å². The maximum absolute atomic E-state index is 6.20. The summed E-state index contributed by atoms with van der Waals surface area (Å²) in [4.78, 5) is 8.53. The molecular weight excluding hydrogens is 316 g/mol. The molecule has 0 aliphatic heterocycles. The minimum absolute atomic E-state index is 0.510. The van der Waals surface area contributed by atoms with E-state index >= 15 is 0 Å². The second kappa shape index (κ2) is 7.34. The number of hydrogen-bond acceptors (Lipinski definition) is 6. The first-order chi connectivity index (χ1) is 11.3. The van der Waals surface area contributed by atoms with Crippen molar-refractivity contribution in [2.45, 2.75) is 13.0 Å². The Kier molecular flexibility index (Phi) is 4.99. The lowest BCUT2D eigenvalue weighted by Gasteiger charge is -2.06. The molecule has 0 amide bonds. The van der Waals surface area contributed by atoms with E-state index in [-0.39, 0.29) is 0 Å². The molecule has 2 heterocycles. The topological polar surface area (TPSA) is 77.8 Å². The Labute approximate surface area is 138 Å². The van der Waals surface area contributed by atoms with E-state index in [9.17, 15) is 0 Å². The van der Waals surface area contributed by atoms with Crippen molar-refractivity contribution in [3.63, 3.8) is 0 Å². The normalized spacial score (nSPS) is 11.0. The molecule has 2 aromatic heterocycles. The van der Waals surface area contributed by atoms with E-state index in [1.165, 1.54) is 6.33 Å². The van der Waals surface area contributed by atoms with E-state index in [0.717, 1.165) is 18.5 Å². The van der Waals surface area contributed by atoms with Gasteiger partial charge in [-0.15, -0.1) is 5.10 Å². The number of aromatic nitrogens is 5. The van der Waals surface area contributed by atoms with Gasteiger partial charge in [-0.2, -0.15) is 0 Å². The molecule has 0 aliphatic carbocycles. The summed E-state index contributed by atoms with van der Waals surface area (Å²) < 4.78 is 6.75. The van der Waals surface area contributed by atoms with Crippen LogP contribution < -0.4 is 5.32 Å². The SMILES string of the molecule is COCCCNc1ncnc2c1nnn2Cc1ccccc1Cl. The smallest absolute Gasteiger partial charge is 0.184 e. The zero-order valence-corrected chi connectivity index (χ0v) is 13.5. The van der Waals surface area contributed by atoms with Crippen LogP contribution in [0.15, 0.2) is 30.6 Å². The number of nitrogens with one attached hydrogen (secondary N) is 1. The van der Waals surface area contributed by atoms with Gasteiger partial charge >= 0.3 is 0 Å². The fraction of sp³-hybridized carbons (Fsp3) is 0.333. The van der Waals surface area contributed by atoms with Crippen molar-refractivity contribution >= 4 is 28.6 Å². The first kappa shape index (κ1) is 15.6. The number of rotatable bonds is 7. The van der Waals surface area contributed by atoms with Gasteiger partial charge in [0.2, 0.25) is 0 Å². The van der Waals surface area contributed by atoms with Crippen LogP contribution in [0.25, 0.3) is 11.2 Å². The highest BCUT2D eigenvalue weighted by atomic mass is 35.5. The van der Waals surface area contributed by atoms with Gasteiger partial charge in [-0.3, -0.25) is 0 Å². The number of fused-ring (bicyclic) bond motifs is 1. The third-order valence-electron chi connectivity index (χ3n) is 3.40. The maximum atomic E-state index is 6.20. The van der Waals surface area contributed by atoms with E-state index in [2.05, 4.69) is 25.6 Å². The highest BCUT2D eigenvalue weighted by molar-refractivity contribution is 6.31. The van der Waals surface area contributed by atoms with Gasteiger partial charge in [0.1, 0.15) is 6.33 Å². The van der Waals surface area contributed by atoms with Gasteiger partial charge in [0, 0.05) is 25.3 Å². The Morgan fingerprint density at radius 3 is 2.96 bits per heavy atom. The molecule has 0 aliphatic rings. The Morgan fingerprint density at radius 1 is 1.26 bits per heavy atom. The van der Waals surface area contributed by atoms with Crippen molar-refractivity contribution < 1.29 is 4.74 Å². The van der Waals surface area contributed by atoms with Crippen LogP contribution in [0.1, 0.15) is 12.0 Å². The number of methoxy groups -OCH3 is 1. The molecule has 7 nitrogen and oxygen atoms in total. The van der Waals surface area contributed by atoms with Crippen molar-refractivity contribution in [1.82, 2.24) is 25.0 Å². The lowest BCUT2D eigenvalue weighted by molar-refractivity contribution is 0.198. The van der Waals surface area contributed by atoms with Crippen LogP contribution in [-0.2, 0) is 11.3 Å². The van der Waals surface area contributed by atoms with Crippen LogP contribution >= 0.6 is 11.6 Å². The molecule has 1 aromatic carbocycles. The fourth-order valence-electron chi connectivity index (χ4n) is 2.24. The number of anilines is 1. The van der Waals surface area contributed by atoms with Crippen LogP contribution in [0.5, 0.6) is 0 Å². The van der Waals surface area contributed by atoms with Gasteiger partial charge in [0.05, 0.1) is 6.54 Å². The monoisotopic (exact) mass is 332 g/mol.